The van der Waals surface area contributed by atoms with Crippen LogP contribution in [0.2, 0.25) is 0 Å². The summed E-state index contributed by atoms with van der Waals surface area (Å²) >= 11 is 0. The van der Waals surface area contributed by atoms with Gasteiger partial charge in [-0.05, 0) is 48.9 Å². The predicted molar refractivity (Wildman–Crippen MR) is 111 cm³/mol. The summed E-state index contributed by atoms with van der Waals surface area (Å²) in [5, 5.41) is 4.12. The Balaban J connectivity index is 1.40. The van der Waals surface area contributed by atoms with Crippen LogP contribution in [0.3, 0.4) is 0 Å². The molecule has 30 heavy (non-hydrogen) atoms. The molecule has 0 unspecified atom stereocenters. The van der Waals surface area contributed by atoms with Crippen molar-refractivity contribution in [1.29, 1.82) is 0 Å². The quantitative estimate of drug-likeness (QED) is 0.461. The van der Waals surface area contributed by atoms with Crippen molar-refractivity contribution in [3.8, 4) is 11.4 Å². The second kappa shape index (κ2) is 8.65. The van der Waals surface area contributed by atoms with Gasteiger partial charge < -0.3 is 14.1 Å². The molecule has 0 aliphatic heterocycles. The topological polar surface area (TPSA) is 73.4 Å². The molecule has 0 N–H and O–H groups in total. The number of carbonyl (C=O) groups is 1. The molecule has 0 aliphatic rings. The number of nitrogens with zero attached hydrogens (tertiary/aromatic N) is 4. The number of para-hydroxylation sites is 1. The second-order valence-electron chi connectivity index (χ2n) is 6.89. The summed E-state index contributed by atoms with van der Waals surface area (Å²) in [5.74, 6) is 1.45. The minimum atomic E-state index is -0.186. The van der Waals surface area contributed by atoms with E-state index < -0.39 is 0 Å². The van der Waals surface area contributed by atoms with Crippen molar-refractivity contribution >= 4 is 5.91 Å². The van der Waals surface area contributed by atoms with E-state index in [0.29, 0.717) is 5.76 Å². The standard InChI is InChI=1S/C23H22N4O3/c1-17(18-8-10-19(11-9-18)27-16-24-15-25-27)26(2)23(28)22-13-12-21(30-22)14-29-20-6-4-3-5-7-20/h3-13,15-17H,14H2,1-2H3/t17-/m1/s1. The Hall–Kier alpha value is -3.87. The van der Waals surface area contributed by atoms with Crippen LogP contribution in [0.15, 0.2) is 83.8 Å². The molecule has 0 radical (unpaired) electrons. The number of rotatable bonds is 7. The van der Waals surface area contributed by atoms with Crippen molar-refractivity contribution in [3.63, 3.8) is 0 Å². The van der Waals surface area contributed by atoms with Crippen LogP contribution in [0.5, 0.6) is 5.75 Å². The zero-order valence-electron chi connectivity index (χ0n) is 16.8. The van der Waals surface area contributed by atoms with Gasteiger partial charge in [-0.2, -0.15) is 5.10 Å². The second-order valence-corrected chi connectivity index (χ2v) is 6.89. The minimum Gasteiger partial charge on any atom is -0.486 e. The number of amides is 1. The van der Waals surface area contributed by atoms with Crippen LogP contribution >= 0.6 is 0 Å². The van der Waals surface area contributed by atoms with Gasteiger partial charge in [0.15, 0.2) is 5.76 Å². The fourth-order valence-electron chi connectivity index (χ4n) is 3.06. The minimum absolute atomic E-state index is 0.128. The molecule has 0 spiro atoms. The number of ether oxygens (including phenoxy) is 1. The van der Waals surface area contributed by atoms with Gasteiger partial charge in [-0.3, -0.25) is 4.79 Å². The fraction of sp³-hybridized carbons (Fsp3) is 0.174. The molecule has 4 rings (SSSR count). The summed E-state index contributed by atoms with van der Waals surface area (Å²) in [4.78, 5) is 18.5. The van der Waals surface area contributed by atoms with Crippen molar-refractivity contribution in [2.75, 3.05) is 7.05 Å². The summed E-state index contributed by atoms with van der Waals surface area (Å²) < 4.78 is 13.1. The SMILES string of the molecule is C[C@H](c1ccc(-n2cncn2)cc1)N(C)C(=O)c1ccc(COc2ccccc2)o1. The largest absolute Gasteiger partial charge is 0.486 e. The van der Waals surface area contributed by atoms with Crippen molar-refractivity contribution in [2.45, 2.75) is 19.6 Å². The Morgan fingerprint density at radius 1 is 1.10 bits per heavy atom. The monoisotopic (exact) mass is 402 g/mol. The van der Waals surface area contributed by atoms with Gasteiger partial charge in [-0.1, -0.05) is 30.3 Å². The maximum Gasteiger partial charge on any atom is 0.289 e. The molecule has 152 valence electrons. The Bertz CT molecular complexity index is 1090. The van der Waals surface area contributed by atoms with Crippen LogP contribution in [-0.4, -0.2) is 32.6 Å². The van der Waals surface area contributed by atoms with Crippen LogP contribution in [0, 0.1) is 0 Å². The van der Waals surface area contributed by atoms with E-state index in [4.69, 9.17) is 9.15 Å². The smallest absolute Gasteiger partial charge is 0.289 e. The van der Waals surface area contributed by atoms with Gasteiger partial charge in [0.2, 0.25) is 0 Å². The Kier molecular flexibility index (Phi) is 5.61. The first kappa shape index (κ1) is 19.4. The van der Waals surface area contributed by atoms with Gasteiger partial charge in [-0.15, -0.1) is 0 Å². The molecule has 7 heteroatoms. The highest BCUT2D eigenvalue weighted by molar-refractivity contribution is 5.91. The molecule has 4 aromatic rings. The number of aromatic nitrogens is 3. The molecule has 0 saturated carbocycles. The van der Waals surface area contributed by atoms with Crippen molar-refractivity contribution in [3.05, 3.63) is 96.5 Å². The number of carbonyl (C=O) groups excluding carboxylic acids is 1. The van der Waals surface area contributed by atoms with Gasteiger partial charge in [0.25, 0.3) is 5.91 Å². The molecule has 2 aromatic carbocycles. The lowest BCUT2D eigenvalue weighted by atomic mass is 10.1. The highest BCUT2D eigenvalue weighted by Crippen LogP contribution is 2.23. The van der Waals surface area contributed by atoms with Gasteiger partial charge >= 0.3 is 0 Å². The average molecular weight is 402 g/mol. The first-order valence-corrected chi connectivity index (χ1v) is 9.60. The molecule has 0 aliphatic carbocycles. The maximum atomic E-state index is 12.9. The van der Waals surface area contributed by atoms with Crippen molar-refractivity contribution < 1.29 is 13.9 Å². The molecule has 0 fully saturated rings. The molecule has 7 nitrogen and oxygen atoms in total. The zero-order chi connectivity index (χ0) is 20.9. The van der Waals surface area contributed by atoms with E-state index in [-0.39, 0.29) is 24.3 Å². The van der Waals surface area contributed by atoms with E-state index >= 15 is 0 Å². The molecular formula is C23H22N4O3. The number of hydrogen-bond acceptors (Lipinski definition) is 5. The lowest BCUT2D eigenvalue weighted by molar-refractivity contribution is 0.0706. The summed E-state index contributed by atoms with van der Waals surface area (Å²) in [5.41, 5.74) is 1.92. The summed E-state index contributed by atoms with van der Waals surface area (Å²) in [6.07, 6.45) is 3.13. The Labute approximate surface area is 174 Å². The van der Waals surface area contributed by atoms with Crippen LogP contribution in [0.1, 0.15) is 34.8 Å². The number of furan rings is 1. The van der Waals surface area contributed by atoms with E-state index in [1.807, 2.05) is 61.5 Å². The molecule has 2 heterocycles. The van der Waals surface area contributed by atoms with Crippen molar-refractivity contribution in [2.24, 2.45) is 0 Å². The fourth-order valence-corrected chi connectivity index (χ4v) is 3.06. The molecular weight excluding hydrogens is 380 g/mol. The molecule has 2 aromatic heterocycles. The average Bonchev–Trinajstić information content (AvgIpc) is 3.49. The van der Waals surface area contributed by atoms with Crippen LogP contribution in [0.25, 0.3) is 5.69 Å². The highest BCUT2D eigenvalue weighted by Gasteiger charge is 2.22. The van der Waals surface area contributed by atoms with E-state index in [1.165, 1.54) is 6.33 Å². The van der Waals surface area contributed by atoms with Crippen LogP contribution < -0.4 is 4.74 Å². The van der Waals surface area contributed by atoms with Crippen LogP contribution in [-0.2, 0) is 6.61 Å². The third-order valence-electron chi connectivity index (χ3n) is 4.96. The first-order chi connectivity index (χ1) is 14.6. The van der Waals surface area contributed by atoms with Gasteiger partial charge in [-0.25, -0.2) is 9.67 Å². The molecule has 0 bridgehead atoms. The lowest BCUT2D eigenvalue weighted by Crippen LogP contribution is -2.29. The Morgan fingerprint density at radius 2 is 1.87 bits per heavy atom. The normalized spacial score (nSPS) is 11.8. The Morgan fingerprint density at radius 3 is 2.57 bits per heavy atom. The number of hydrogen-bond donors (Lipinski definition) is 0. The van der Waals surface area contributed by atoms with Gasteiger partial charge in [0.1, 0.15) is 30.8 Å². The van der Waals surface area contributed by atoms with E-state index in [1.54, 1.807) is 35.1 Å². The molecule has 1 amide bonds. The summed E-state index contributed by atoms with van der Waals surface area (Å²) in [6.45, 7) is 2.24. The maximum absolute atomic E-state index is 12.9. The highest BCUT2D eigenvalue weighted by atomic mass is 16.5. The summed E-state index contributed by atoms with van der Waals surface area (Å²) in [7, 11) is 1.76. The third kappa shape index (κ3) is 4.25. The van der Waals surface area contributed by atoms with Crippen molar-refractivity contribution in [1.82, 2.24) is 19.7 Å². The van der Waals surface area contributed by atoms with Gasteiger partial charge in [0.05, 0.1) is 11.7 Å². The van der Waals surface area contributed by atoms with Gasteiger partial charge in [0, 0.05) is 7.05 Å². The third-order valence-corrected chi connectivity index (χ3v) is 4.96. The first-order valence-electron chi connectivity index (χ1n) is 9.60. The number of benzene rings is 2. The van der Waals surface area contributed by atoms with E-state index in [9.17, 15) is 4.79 Å². The van der Waals surface area contributed by atoms with E-state index in [2.05, 4.69) is 10.1 Å². The van der Waals surface area contributed by atoms with E-state index in [0.717, 1.165) is 17.0 Å². The molecule has 1 atom stereocenters. The predicted octanol–water partition coefficient (Wildman–Crippen LogP) is 4.27. The lowest BCUT2D eigenvalue weighted by Gasteiger charge is -2.24. The zero-order valence-corrected chi connectivity index (χ0v) is 16.8. The van der Waals surface area contributed by atoms with Crippen LogP contribution in [0.4, 0.5) is 0 Å². The molecule has 0 saturated heterocycles. The summed E-state index contributed by atoms with van der Waals surface area (Å²) in [6, 6.07) is 20.7.